The second-order valence-corrected chi connectivity index (χ2v) is 6.58. The van der Waals surface area contributed by atoms with Crippen LogP contribution in [0.5, 0.6) is 0 Å². The van der Waals surface area contributed by atoms with Crippen LogP contribution in [-0.2, 0) is 4.74 Å². The first-order valence-corrected chi connectivity index (χ1v) is 8.93. The fourth-order valence-electron chi connectivity index (χ4n) is 3.28. The monoisotopic (exact) mass is 385 g/mol. The highest BCUT2D eigenvalue weighted by atomic mass is 16.5. The van der Waals surface area contributed by atoms with Gasteiger partial charge in [0.2, 0.25) is 5.95 Å². The second kappa shape index (κ2) is 7.20. The number of esters is 1. The highest BCUT2D eigenvalue weighted by Gasteiger charge is 2.20. The van der Waals surface area contributed by atoms with Crippen LogP contribution in [0.4, 0.5) is 5.95 Å². The van der Waals surface area contributed by atoms with Crippen LogP contribution >= 0.6 is 0 Å². The molecule has 0 aliphatic rings. The molecule has 2 N–H and O–H groups in total. The third-order valence-corrected chi connectivity index (χ3v) is 4.61. The number of aromatic nitrogens is 4. The summed E-state index contributed by atoms with van der Waals surface area (Å²) in [7, 11) is 1.36. The number of nitrogens with two attached hydrogens (primary N) is 1. The molecule has 2 aromatic carbocycles. The van der Waals surface area contributed by atoms with Crippen molar-refractivity contribution in [3.8, 4) is 22.5 Å². The Hall–Kier alpha value is -4.00. The number of nitrogen functional groups attached to an aromatic ring is 1. The maximum atomic E-state index is 12.3. The zero-order valence-corrected chi connectivity index (χ0v) is 16.1. The number of benzene rings is 2. The molecule has 0 aliphatic carbocycles. The highest BCUT2D eigenvalue weighted by Crippen LogP contribution is 2.32. The van der Waals surface area contributed by atoms with E-state index in [0.717, 1.165) is 27.9 Å². The minimum Gasteiger partial charge on any atom is -0.465 e. The van der Waals surface area contributed by atoms with Crippen molar-refractivity contribution in [2.45, 2.75) is 6.92 Å². The number of nitrogens with zero attached hydrogens (tertiary/aromatic N) is 4. The molecule has 0 fully saturated rings. The molecule has 0 unspecified atom stereocenters. The van der Waals surface area contributed by atoms with Crippen LogP contribution in [0.1, 0.15) is 17.3 Å². The number of imidazole rings is 1. The zero-order chi connectivity index (χ0) is 20.5. The van der Waals surface area contributed by atoms with Crippen LogP contribution in [0.3, 0.4) is 0 Å². The third-order valence-electron chi connectivity index (χ3n) is 4.61. The van der Waals surface area contributed by atoms with Gasteiger partial charge in [-0.05, 0) is 30.7 Å². The van der Waals surface area contributed by atoms with E-state index in [2.05, 4.69) is 16.5 Å². The van der Waals surface area contributed by atoms with E-state index >= 15 is 0 Å². The molecule has 0 saturated carbocycles. The Morgan fingerprint density at radius 1 is 1.10 bits per heavy atom. The van der Waals surface area contributed by atoms with Gasteiger partial charge in [0.05, 0.1) is 23.7 Å². The van der Waals surface area contributed by atoms with E-state index < -0.39 is 5.97 Å². The molecule has 0 spiro atoms. The number of carbonyl (C=O) groups excluding carboxylic acids is 1. The predicted octanol–water partition coefficient (Wildman–Crippen LogP) is 4.02. The van der Waals surface area contributed by atoms with E-state index in [0.29, 0.717) is 17.0 Å². The fourth-order valence-corrected chi connectivity index (χ4v) is 3.28. The van der Waals surface area contributed by atoms with Gasteiger partial charge < -0.3 is 10.5 Å². The van der Waals surface area contributed by atoms with Crippen LogP contribution in [0.15, 0.2) is 61.4 Å². The van der Waals surface area contributed by atoms with Gasteiger partial charge in [0, 0.05) is 29.2 Å². The van der Waals surface area contributed by atoms with Crippen molar-refractivity contribution >= 4 is 28.6 Å². The molecular formula is C22H19N5O2. The Morgan fingerprint density at radius 2 is 1.83 bits per heavy atom. The first kappa shape index (κ1) is 18.4. The number of carbonyl (C=O) groups is 1. The number of allylic oxidation sites excluding steroid dienone is 1. The Kier molecular flexibility index (Phi) is 4.56. The molecule has 2 aromatic heterocycles. The average Bonchev–Trinajstić information content (AvgIpc) is 3.12. The van der Waals surface area contributed by atoms with Crippen molar-refractivity contribution in [3.63, 3.8) is 0 Å². The third kappa shape index (κ3) is 3.23. The molecule has 7 heteroatoms. The molecule has 144 valence electrons. The van der Waals surface area contributed by atoms with E-state index in [4.69, 9.17) is 15.5 Å². The Balaban J connectivity index is 1.94. The lowest BCUT2D eigenvalue weighted by atomic mass is 10.1. The molecule has 0 saturated heterocycles. The SMILES string of the molecule is C=C(C)n1c(-c2ccccc2C(=O)OC)nc2cc(-c3cnc(N)nc3)ccc21. The van der Waals surface area contributed by atoms with Gasteiger partial charge in [-0.2, -0.15) is 0 Å². The normalized spacial score (nSPS) is 10.8. The minimum absolute atomic E-state index is 0.225. The maximum Gasteiger partial charge on any atom is 0.338 e. The molecule has 0 aliphatic heterocycles. The van der Waals surface area contributed by atoms with Crippen molar-refractivity contribution < 1.29 is 9.53 Å². The second-order valence-electron chi connectivity index (χ2n) is 6.58. The number of anilines is 1. The summed E-state index contributed by atoms with van der Waals surface area (Å²) in [6, 6.07) is 13.1. The summed E-state index contributed by atoms with van der Waals surface area (Å²) in [6.45, 7) is 5.99. The van der Waals surface area contributed by atoms with E-state index in [1.165, 1.54) is 7.11 Å². The number of hydrogen-bond acceptors (Lipinski definition) is 6. The molecule has 4 aromatic rings. The Labute approximate surface area is 167 Å². The molecular weight excluding hydrogens is 366 g/mol. The Bertz CT molecular complexity index is 1240. The highest BCUT2D eigenvalue weighted by molar-refractivity contribution is 5.98. The summed E-state index contributed by atoms with van der Waals surface area (Å²) >= 11 is 0. The summed E-state index contributed by atoms with van der Waals surface area (Å²) in [5, 5.41) is 0. The van der Waals surface area contributed by atoms with Crippen LogP contribution in [0, 0.1) is 0 Å². The lowest BCUT2D eigenvalue weighted by Gasteiger charge is -2.11. The molecule has 2 heterocycles. The lowest BCUT2D eigenvalue weighted by Crippen LogP contribution is -2.06. The van der Waals surface area contributed by atoms with Gasteiger partial charge >= 0.3 is 5.97 Å². The van der Waals surface area contributed by atoms with E-state index in [9.17, 15) is 4.79 Å². The quantitative estimate of drug-likeness (QED) is 0.533. The van der Waals surface area contributed by atoms with Crippen molar-refractivity contribution in [1.82, 2.24) is 19.5 Å². The van der Waals surface area contributed by atoms with Crippen molar-refractivity contribution in [2.24, 2.45) is 0 Å². The molecule has 0 atom stereocenters. The zero-order valence-electron chi connectivity index (χ0n) is 16.1. The number of rotatable bonds is 4. The first-order chi connectivity index (χ1) is 14.0. The number of methoxy groups -OCH3 is 1. The maximum absolute atomic E-state index is 12.3. The minimum atomic E-state index is -0.416. The van der Waals surface area contributed by atoms with Gasteiger partial charge in [-0.15, -0.1) is 0 Å². The van der Waals surface area contributed by atoms with Gasteiger partial charge in [-0.1, -0.05) is 30.8 Å². The number of hydrogen-bond donors (Lipinski definition) is 1. The van der Waals surface area contributed by atoms with Crippen LogP contribution in [0.2, 0.25) is 0 Å². The summed E-state index contributed by atoms with van der Waals surface area (Å²) in [5.41, 5.74) is 10.9. The molecule has 0 radical (unpaired) electrons. The van der Waals surface area contributed by atoms with Gasteiger partial charge in [0.15, 0.2) is 0 Å². The van der Waals surface area contributed by atoms with Gasteiger partial charge in [0.25, 0.3) is 0 Å². The van der Waals surface area contributed by atoms with Crippen molar-refractivity contribution in [2.75, 3.05) is 12.8 Å². The van der Waals surface area contributed by atoms with Gasteiger partial charge in [-0.3, -0.25) is 4.57 Å². The predicted molar refractivity (Wildman–Crippen MR) is 113 cm³/mol. The van der Waals surface area contributed by atoms with Crippen LogP contribution in [0.25, 0.3) is 39.2 Å². The Morgan fingerprint density at radius 3 is 2.52 bits per heavy atom. The number of fused-ring (bicyclic) bond motifs is 1. The van der Waals surface area contributed by atoms with Gasteiger partial charge in [0.1, 0.15) is 5.82 Å². The molecule has 4 rings (SSSR count). The van der Waals surface area contributed by atoms with Gasteiger partial charge in [-0.25, -0.2) is 19.7 Å². The van der Waals surface area contributed by atoms with E-state index in [1.54, 1.807) is 24.5 Å². The first-order valence-electron chi connectivity index (χ1n) is 8.93. The van der Waals surface area contributed by atoms with Crippen molar-refractivity contribution in [3.05, 3.63) is 67.0 Å². The summed E-state index contributed by atoms with van der Waals surface area (Å²) in [5.74, 6) is 0.433. The standard InChI is InChI=1S/C22H19N5O2/c1-13(2)27-19-9-8-14(15-11-24-22(23)25-12-15)10-18(19)26-20(27)16-6-4-5-7-17(16)21(28)29-3/h4-12H,1H2,2-3H3,(H2,23,24,25). The topological polar surface area (TPSA) is 95.9 Å². The lowest BCUT2D eigenvalue weighted by molar-refractivity contribution is 0.0601. The van der Waals surface area contributed by atoms with Crippen LogP contribution < -0.4 is 5.73 Å². The fraction of sp³-hybridized carbons (Fsp3) is 0.0909. The molecule has 29 heavy (non-hydrogen) atoms. The smallest absolute Gasteiger partial charge is 0.338 e. The molecule has 0 amide bonds. The largest absolute Gasteiger partial charge is 0.465 e. The summed E-state index contributed by atoms with van der Waals surface area (Å²) in [6.07, 6.45) is 3.35. The summed E-state index contributed by atoms with van der Waals surface area (Å²) in [4.78, 5) is 25.2. The average molecular weight is 385 g/mol. The van der Waals surface area contributed by atoms with Crippen molar-refractivity contribution in [1.29, 1.82) is 0 Å². The molecule has 0 bridgehead atoms. The molecule has 7 nitrogen and oxygen atoms in total. The summed E-state index contributed by atoms with van der Waals surface area (Å²) < 4.78 is 6.87. The number of ether oxygens (including phenoxy) is 1. The van der Waals surface area contributed by atoms with Crippen LogP contribution in [-0.4, -0.2) is 32.6 Å². The van der Waals surface area contributed by atoms with E-state index in [1.807, 2.05) is 41.8 Å². The van der Waals surface area contributed by atoms with E-state index in [-0.39, 0.29) is 5.95 Å².